The summed E-state index contributed by atoms with van der Waals surface area (Å²) in [6.07, 6.45) is -5.34. The van der Waals surface area contributed by atoms with E-state index < -0.39 is 24.5 Å². The molecule has 0 saturated carbocycles. The highest BCUT2D eigenvalue weighted by Gasteiger charge is 2.40. The van der Waals surface area contributed by atoms with Crippen LogP contribution in [0.15, 0.2) is 0 Å². The number of halogens is 3. The van der Waals surface area contributed by atoms with Gasteiger partial charge in [0.2, 0.25) is 0 Å². The molecule has 0 saturated heterocycles. The van der Waals surface area contributed by atoms with Crippen LogP contribution in [0.5, 0.6) is 0 Å². The molecule has 0 atom stereocenters. The number of esters is 1. The van der Waals surface area contributed by atoms with Gasteiger partial charge in [-0.25, -0.2) is 4.79 Å². The lowest BCUT2D eigenvalue weighted by Gasteiger charge is -2.06. The van der Waals surface area contributed by atoms with Gasteiger partial charge in [-0.1, -0.05) is 0 Å². The number of carbonyl (C=O) groups is 3. The third-order valence-electron chi connectivity index (χ3n) is 1.60. The van der Waals surface area contributed by atoms with Crippen LogP contribution in [0.3, 0.4) is 0 Å². The highest BCUT2D eigenvalue weighted by atomic mass is 19.4. The van der Waals surface area contributed by atoms with Crippen LogP contribution in [0, 0.1) is 0 Å². The first-order valence-electron chi connectivity index (χ1n) is 4.48. The van der Waals surface area contributed by atoms with Crippen LogP contribution in [0.4, 0.5) is 13.2 Å². The van der Waals surface area contributed by atoms with E-state index in [9.17, 15) is 27.6 Å². The summed E-state index contributed by atoms with van der Waals surface area (Å²) in [5, 5.41) is 0. The van der Waals surface area contributed by atoms with Gasteiger partial charge in [0.1, 0.15) is 11.6 Å². The summed E-state index contributed by atoms with van der Waals surface area (Å²) < 4.78 is 38.7. The topological polar surface area (TPSA) is 60.4 Å². The molecule has 0 heterocycles. The summed E-state index contributed by atoms with van der Waals surface area (Å²) >= 11 is 0. The van der Waals surface area contributed by atoms with Crippen LogP contribution in [-0.2, 0) is 19.1 Å². The first kappa shape index (κ1) is 14.6. The third kappa shape index (κ3) is 6.97. The van der Waals surface area contributed by atoms with Crippen LogP contribution in [0.25, 0.3) is 0 Å². The molecule has 0 aliphatic carbocycles. The summed E-state index contributed by atoms with van der Waals surface area (Å²) in [5.41, 5.74) is 0. The van der Waals surface area contributed by atoms with Crippen molar-refractivity contribution in [3.8, 4) is 0 Å². The average molecular weight is 240 g/mol. The van der Waals surface area contributed by atoms with E-state index in [1.165, 1.54) is 6.92 Å². The van der Waals surface area contributed by atoms with E-state index in [-0.39, 0.29) is 25.0 Å². The summed E-state index contributed by atoms with van der Waals surface area (Å²) in [7, 11) is 0. The fraction of sp³-hybridized carbons (Fsp3) is 0.667. The second-order valence-corrected chi connectivity index (χ2v) is 3.12. The molecular weight excluding hydrogens is 229 g/mol. The average Bonchev–Trinajstić information content (AvgIpc) is 2.13. The molecule has 16 heavy (non-hydrogen) atoms. The number of rotatable bonds is 6. The van der Waals surface area contributed by atoms with Gasteiger partial charge in [0.25, 0.3) is 0 Å². The van der Waals surface area contributed by atoms with E-state index in [0.717, 1.165) is 0 Å². The highest BCUT2D eigenvalue weighted by molar-refractivity contribution is 5.85. The number of ketones is 2. The van der Waals surface area contributed by atoms with E-state index in [1.54, 1.807) is 0 Å². The normalized spacial score (nSPS) is 11.0. The van der Waals surface area contributed by atoms with Gasteiger partial charge in [-0.2, -0.15) is 13.2 Å². The minimum Gasteiger partial charge on any atom is -0.459 e. The molecule has 0 fully saturated rings. The van der Waals surface area contributed by atoms with Gasteiger partial charge in [0.05, 0.1) is 6.61 Å². The van der Waals surface area contributed by atoms with Crippen molar-refractivity contribution in [2.24, 2.45) is 0 Å². The van der Waals surface area contributed by atoms with Gasteiger partial charge in [0, 0.05) is 19.3 Å². The molecule has 92 valence electrons. The van der Waals surface area contributed by atoms with E-state index in [4.69, 9.17) is 0 Å². The Kier molecular flexibility index (Phi) is 5.69. The number of alkyl halides is 3. The van der Waals surface area contributed by atoms with Crippen molar-refractivity contribution in [2.75, 3.05) is 6.61 Å². The van der Waals surface area contributed by atoms with Gasteiger partial charge in [-0.15, -0.1) is 0 Å². The van der Waals surface area contributed by atoms with Crippen molar-refractivity contribution in [1.29, 1.82) is 0 Å². The van der Waals surface area contributed by atoms with E-state index in [2.05, 4.69) is 4.74 Å². The smallest absolute Gasteiger partial charge is 0.459 e. The maximum Gasteiger partial charge on any atom is 0.490 e. The molecule has 7 heteroatoms. The highest BCUT2D eigenvalue weighted by Crippen LogP contribution is 2.16. The summed E-state index contributed by atoms with van der Waals surface area (Å²) in [4.78, 5) is 31.6. The molecule has 0 radical (unpaired) electrons. The maximum absolute atomic E-state index is 11.6. The number of hydrogen-bond acceptors (Lipinski definition) is 4. The molecule has 0 unspecified atom stereocenters. The van der Waals surface area contributed by atoms with Crippen LogP contribution < -0.4 is 0 Å². The van der Waals surface area contributed by atoms with Crippen molar-refractivity contribution in [2.45, 2.75) is 32.4 Å². The van der Waals surface area contributed by atoms with E-state index >= 15 is 0 Å². The van der Waals surface area contributed by atoms with Gasteiger partial charge >= 0.3 is 12.1 Å². The molecule has 0 aromatic rings. The fourth-order valence-electron chi connectivity index (χ4n) is 0.780. The second kappa shape index (κ2) is 6.24. The first-order chi connectivity index (χ1) is 7.23. The van der Waals surface area contributed by atoms with Crippen LogP contribution in [0.1, 0.15) is 26.2 Å². The Morgan fingerprint density at radius 1 is 1.06 bits per heavy atom. The van der Waals surface area contributed by atoms with Gasteiger partial charge < -0.3 is 9.53 Å². The number of Topliss-reactive ketones (excluding diaryl/α,β-unsaturated/α-hetero) is 2. The lowest BCUT2D eigenvalue weighted by molar-refractivity contribution is -0.199. The minimum absolute atomic E-state index is 0.0428. The predicted octanol–water partition coefficient (Wildman–Crippen LogP) is 1.42. The third-order valence-corrected chi connectivity index (χ3v) is 1.60. The predicted molar refractivity (Wildman–Crippen MR) is 46.6 cm³/mol. The SMILES string of the molecule is CC(=O)CCC(=O)CCOC(=O)C(F)(F)F. The molecule has 0 bridgehead atoms. The van der Waals surface area contributed by atoms with Crippen molar-refractivity contribution < 1.29 is 32.3 Å². The minimum atomic E-state index is -5.04. The van der Waals surface area contributed by atoms with Gasteiger partial charge in [0.15, 0.2) is 0 Å². The van der Waals surface area contributed by atoms with Crippen molar-refractivity contribution in [1.82, 2.24) is 0 Å². The van der Waals surface area contributed by atoms with Crippen LogP contribution in [-0.4, -0.2) is 30.3 Å². The molecule has 0 rings (SSSR count). The molecule has 0 aromatic heterocycles. The Bertz CT molecular complexity index is 283. The molecule has 0 N–H and O–H groups in total. The molecule has 0 aliphatic heterocycles. The van der Waals surface area contributed by atoms with E-state index in [0.29, 0.717) is 0 Å². The molecule has 0 spiro atoms. The van der Waals surface area contributed by atoms with Gasteiger partial charge in [-0.05, 0) is 6.92 Å². The molecule has 0 aromatic carbocycles. The zero-order valence-corrected chi connectivity index (χ0v) is 8.60. The summed E-state index contributed by atoms with van der Waals surface area (Å²) in [6.45, 7) is 0.687. The standard InChI is InChI=1S/C9H11F3O4/c1-6(13)2-3-7(14)4-5-16-8(15)9(10,11)12/h2-5H2,1H3. The Labute approximate surface area is 89.8 Å². The maximum atomic E-state index is 11.6. The number of hydrogen-bond donors (Lipinski definition) is 0. The lowest BCUT2D eigenvalue weighted by Crippen LogP contribution is -2.26. The Morgan fingerprint density at radius 2 is 1.62 bits per heavy atom. The number of carbonyl (C=O) groups excluding carboxylic acids is 3. The molecule has 0 aliphatic rings. The Morgan fingerprint density at radius 3 is 2.06 bits per heavy atom. The zero-order chi connectivity index (χ0) is 12.8. The quantitative estimate of drug-likeness (QED) is 0.659. The second-order valence-electron chi connectivity index (χ2n) is 3.12. The largest absolute Gasteiger partial charge is 0.490 e. The number of ether oxygens (including phenoxy) is 1. The molecule has 0 amide bonds. The van der Waals surface area contributed by atoms with Crippen molar-refractivity contribution in [3.05, 3.63) is 0 Å². The Hall–Kier alpha value is -1.40. The fourth-order valence-corrected chi connectivity index (χ4v) is 0.780. The van der Waals surface area contributed by atoms with Crippen molar-refractivity contribution >= 4 is 17.5 Å². The van der Waals surface area contributed by atoms with Crippen LogP contribution >= 0.6 is 0 Å². The van der Waals surface area contributed by atoms with Crippen molar-refractivity contribution in [3.63, 3.8) is 0 Å². The summed E-state index contributed by atoms with van der Waals surface area (Å²) in [6, 6.07) is 0. The summed E-state index contributed by atoms with van der Waals surface area (Å²) in [5.74, 6) is -2.90. The van der Waals surface area contributed by atoms with Gasteiger partial charge in [-0.3, -0.25) is 4.79 Å². The lowest BCUT2D eigenvalue weighted by atomic mass is 10.1. The Balaban J connectivity index is 3.71. The van der Waals surface area contributed by atoms with E-state index in [1.807, 2.05) is 0 Å². The molecule has 4 nitrogen and oxygen atoms in total. The zero-order valence-electron chi connectivity index (χ0n) is 8.60. The first-order valence-corrected chi connectivity index (χ1v) is 4.48. The molecular formula is C9H11F3O4. The monoisotopic (exact) mass is 240 g/mol. The van der Waals surface area contributed by atoms with Crippen LogP contribution in [0.2, 0.25) is 0 Å².